The van der Waals surface area contributed by atoms with Crippen molar-refractivity contribution in [2.75, 3.05) is 20.8 Å². The number of ether oxygens (including phenoxy) is 2. The van der Waals surface area contributed by atoms with E-state index < -0.39 is 12.0 Å². The fourth-order valence-electron chi connectivity index (χ4n) is 4.34. The molecule has 0 amide bonds. The van der Waals surface area contributed by atoms with Crippen LogP contribution in [-0.2, 0) is 17.7 Å². The van der Waals surface area contributed by atoms with Gasteiger partial charge in [0.1, 0.15) is 34.6 Å². The Hall–Kier alpha value is -2.51. The monoisotopic (exact) mass is 530 g/mol. The van der Waals surface area contributed by atoms with Gasteiger partial charge >= 0.3 is 0 Å². The van der Waals surface area contributed by atoms with E-state index in [-0.39, 0.29) is 6.42 Å². The quantitative estimate of drug-likeness (QED) is 0.306. The molecule has 1 unspecified atom stereocenters. The van der Waals surface area contributed by atoms with E-state index in [9.17, 15) is 8.78 Å². The Morgan fingerprint density at radius 2 is 1.94 bits per heavy atom. The molecule has 180 valence electrons. The molecule has 34 heavy (non-hydrogen) atoms. The number of allylic oxidation sites excluding steroid dienone is 4. The number of methoxy groups -OCH3 is 2. The summed E-state index contributed by atoms with van der Waals surface area (Å²) < 4.78 is 41.8. The Balaban J connectivity index is 1.86. The molecule has 0 aliphatic heterocycles. The molecule has 0 bridgehead atoms. The number of fused-ring (bicyclic) bond motifs is 1. The van der Waals surface area contributed by atoms with Crippen molar-refractivity contribution in [2.45, 2.75) is 45.3 Å². The van der Waals surface area contributed by atoms with Crippen LogP contribution in [-0.4, -0.2) is 36.5 Å². The molecule has 4 nitrogen and oxygen atoms in total. The molecular formula is C27H29BrF2N2O2. The van der Waals surface area contributed by atoms with E-state index in [1.165, 1.54) is 17.7 Å². The SMILES string of the molecule is COCCn1c(-c2ccc(C(C)C)cc2)nc2c(Br)c(CC3=CC(F)CC(F)=C3)cc(OC)c21. The lowest BCUT2D eigenvalue weighted by Crippen LogP contribution is -2.07. The molecule has 0 radical (unpaired) electrons. The Morgan fingerprint density at radius 1 is 1.21 bits per heavy atom. The van der Waals surface area contributed by atoms with Gasteiger partial charge in [0.2, 0.25) is 0 Å². The average Bonchev–Trinajstić information content (AvgIpc) is 3.19. The summed E-state index contributed by atoms with van der Waals surface area (Å²) in [7, 11) is 3.29. The lowest BCUT2D eigenvalue weighted by molar-refractivity contribution is 0.188. The Bertz CT molecular complexity index is 1250. The second kappa shape index (κ2) is 10.4. The van der Waals surface area contributed by atoms with Gasteiger partial charge in [-0.3, -0.25) is 0 Å². The van der Waals surface area contributed by atoms with Crippen molar-refractivity contribution >= 4 is 27.0 Å². The highest BCUT2D eigenvalue weighted by molar-refractivity contribution is 9.10. The molecule has 0 spiro atoms. The van der Waals surface area contributed by atoms with Crippen molar-refractivity contribution in [3.8, 4) is 17.1 Å². The van der Waals surface area contributed by atoms with Crippen LogP contribution in [0.25, 0.3) is 22.4 Å². The summed E-state index contributed by atoms with van der Waals surface area (Å²) >= 11 is 3.72. The van der Waals surface area contributed by atoms with Gasteiger partial charge < -0.3 is 14.0 Å². The minimum atomic E-state index is -1.31. The number of rotatable bonds is 8. The van der Waals surface area contributed by atoms with Gasteiger partial charge in [0.25, 0.3) is 0 Å². The first-order valence-electron chi connectivity index (χ1n) is 11.4. The normalized spacial score (nSPS) is 16.2. The van der Waals surface area contributed by atoms with Gasteiger partial charge in [-0.1, -0.05) is 38.1 Å². The highest BCUT2D eigenvalue weighted by Gasteiger charge is 2.22. The van der Waals surface area contributed by atoms with Crippen molar-refractivity contribution in [3.05, 3.63) is 69.5 Å². The Labute approximate surface area is 207 Å². The van der Waals surface area contributed by atoms with E-state index in [0.717, 1.165) is 32.5 Å². The van der Waals surface area contributed by atoms with Crippen molar-refractivity contribution in [3.63, 3.8) is 0 Å². The highest BCUT2D eigenvalue weighted by Crippen LogP contribution is 2.39. The summed E-state index contributed by atoms with van der Waals surface area (Å²) in [6.45, 7) is 5.44. The predicted octanol–water partition coefficient (Wildman–Crippen LogP) is 7.31. The largest absolute Gasteiger partial charge is 0.494 e. The van der Waals surface area contributed by atoms with E-state index >= 15 is 0 Å². The summed E-state index contributed by atoms with van der Waals surface area (Å²) in [4.78, 5) is 5.00. The van der Waals surface area contributed by atoms with Crippen LogP contribution in [0.2, 0.25) is 0 Å². The molecule has 0 saturated heterocycles. The third-order valence-corrected chi connectivity index (χ3v) is 6.98. The van der Waals surface area contributed by atoms with Gasteiger partial charge in [0.15, 0.2) is 0 Å². The third-order valence-electron chi connectivity index (χ3n) is 6.09. The minimum absolute atomic E-state index is 0.199. The number of halogens is 3. The molecule has 0 N–H and O–H groups in total. The summed E-state index contributed by atoms with van der Waals surface area (Å²) in [5, 5.41) is 0. The van der Waals surface area contributed by atoms with Crippen molar-refractivity contribution in [1.82, 2.24) is 9.55 Å². The maximum absolute atomic E-state index is 13.9. The summed E-state index contributed by atoms with van der Waals surface area (Å²) in [5.41, 5.74) is 5.30. The van der Waals surface area contributed by atoms with Gasteiger partial charge in [-0.25, -0.2) is 13.8 Å². The van der Waals surface area contributed by atoms with Crippen LogP contribution in [0, 0.1) is 0 Å². The maximum atomic E-state index is 13.9. The van der Waals surface area contributed by atoms with E-state index in [1.807, 2.05) is 6.07 Å². The Morgan fingerprint density at radius 3 is 2.56 bits per heavy atom. The molecule has 4 rings (SSSR count). The number of alkyl halides is 1. The number of hydrogen-bond donors (Lipinski definition) is 0. The van der Waals surface area contributed by atoms with E-state index in [2.05, 4.69) is 58.6 Å². The summed E-state index contributed by atoms with van der Waals surface area (Å²) in [6.07, 6.45) is 1.75. The van der Waals surface area contributed by atoms with Gasteiger partial charge in [-0.05, 0) is 63.2 Å². The number of aromatic nitrogens is 2. The standard InChI is InChI=1S/C27H29BrF2N2O2/c1-16(2)18-5-7-19(8-6-18)27-31-25-24(28)20(11-17-12-21(29)15-22(30)13-17)14-23(34-4)26(25)32(27)9-10-33-3/h5-8,12-14,16,21H,9-11,15H2,1-4H3. The molecular weight excluding hydrogens is 502 g/mol. The third kappa shape index (κ3) is 4.96. The molecule has 1 aliphatic carbocycles. The average molecular weight is 531 g/mol. The molecule has 1 heterocycles. The summed E-state index contributed by atoms with van der Waals surface area (Å²) in [6, 6.07) is 10.3. The van der Waals surface area contributed by atoms with Crippen molar-refractivity contribution < 1.29 is 18.3 Å². The molecule has 0 fully saturated rings. The molecule has 0 saturated carbocycles. The Kier molecular flexibility index (Phi) is 7.53. The molecule has 1 atom stereocenters. The first kappa shape index (κ1) is 24.6. The molecule has 7 heteroatoms. The van der Waals surface area contributed by atoms with Crippen LogP contribution >= 0.6 is 15.9 Å². The first-order valence-corrected chi connectivity index (χ1v) is 12.2. The topological polar surface area (TPSA) is 36.3 Å². The zero-order chi connectivity index (χ0) is 24.4. The number of imidazole rings is 1. The van der Waals surface area contributed by atoms with Crippen molar-refractivity contribution in [1.29, 1.82) is 0 Å². The second-order valence-electron chi connectivity index (χ2n) is 8.84. The van der Waals surface area contributed by atoms with E-state index in [1.54, 1.807) is 14.2 Å². The molecule has 1 aromatic heterocycles. The molecule has 1 aliphatic rings. The van der Waals surface area contributed by atoms with Gasteiger partial charge in [0.05, 0.1) is 13.7 Å². The lowest BCUT2D eigenvalue weighted by Gasteiger charge is -2.15. The first-order chi connectivity index (χ1) is 16.3. The predicted molar refractivity (Wildman–Crippen MR) is 136 cm³/mol. The number of benzene rings is 2. The number of hydrogen-bond acceptors (Lipinski definition) is 3. The van der Waals surface area contributed by atoms with Crippen LogP contribution in [0.4, 0.5) is 8.78 Å². The summed E-state index contributed by atoms with van der Waals surface area (Å²) in [5.74, 6) is 1.46. The molecule has 3 aromatic rings. The number of nitrogens with zero attached hydrogens (tertiary/aromatic N) is 2. The van der Waals surface area contributed by atoms with E-state index in [0.29, 0.717) is 36.8 Å². The van der Waals surface area contributed by atoms with Gasteiger partial charge in [-0.2, -0.15) is 0 Å². The van der Waals surface area contributed by atoms with Gasteiger partial charge in [0, 0.05) is 30.1 Å². The maximum Gasteiger partial charge on any atom is 0.145 e. The zero-order valence-electron chi connectivity index (χ0n) is 19.9. The van der Waals surface area contributed by atoms with Crippen LogP contribution < -0.4 is 4.74 Å². The molecule has 2 aromatic carbocycles. The fourth-order valence-corrected chi connectivity index (χ4v) is 4.87. The smallest absolute Gasteiger partial charge is 0.145 e. The van der Waals surface area contributed by atoms with Crippen LogP contribution in [0.3, 0.4) is 0 Å². The van der Waals surface area contributed by atoms with E-state index in [4.69, 9.17) is 14.5 Å². The van der Waals surface area contributed by atoms with Crippen molar-refractivity contribution in [2.24, 2.45) is 0 Å². The fraction of sp³-hybridized carbons (Fsp3) is 0.370. The van der Waals surface area contributed by atoms with Gasteiger partial charge in [-0.15, -0.1) is 0 Å². The lowest BCUT2D eigenvalue weighted by atomic mass is 9.97. The van der Waals surface area contributed by atoms with Crippen LogP contribution in [0.5, 0.6) is 5.75 Å². The zero-order valence-corrected chi connectivity index (χ0v) is 21.5. The van der Waals surface area contributed by atoms with Crippen LogP contribution in [0.1, 0.15) is 37.3 Å². The highest BCUT2D eigenvalue weighted by atomic mass is 79.9. The minimum Gasteiger partial charge on any atom is -0.494 e. The van der Waals surface area contributed by atoms with Crippen LogP contribution in [0.15, 0.2) is 58.4 Å². The second-order valence-corrected chi connectivity index (χ2v) is 9.63.